The summed E-state index contributed by atoms with van der Waals surface area (Å²) in [6.07, 6.45) is 7.39. The molecule has 6 rings (SSSR count). The van der Waals surface area contributed by atoms with Crippen molar-refractivity contribution in [2.75, 3.05) is 0 Å². The van der Waals surface area contributed by atoms with E-state index in [-0.39, 0.29) is 70.0 Å². The minimum atomic E-state index is -0.423. The minimum Gasteiger partial charge on any atom is -0.489 e. The number of cyclic esters (lactones) is 1. The van der Waals surface area contributed by atoms with E-state index in [1.807, 2.05) is 6.08 Å². The second kappa shape index (κ2) is 7.85. The van der Waals surface area contributed by atoms with E-state index in [1.165, 1.54) is 18.1 Å². The van der Waals surface area contributed by atoms with Crippen molar-refractivity contribution in [1.29, 1.82) is 0 Å². The van der Waals surface area contributed by atoms with Crippen LogP contribution in [0.4, 0.5) is 0 Å². The first kappa shape index (κ1) is 25.9. The highest BCUT2D eigenvalue weighted by Gasteiger charge is 2.71. The molecule has 0 aromatic carbocycles. The summed E-state index contributed by atoms with van der Waals surface area (Å²) >= 11 is 0. The third-order valence-corrected chi connectivity index (χ3v) is 12.0. The Morgan fingerprint density at radius 1 is 1.13 bits per heavy atom. The van der Waals surface area contributed by atoms with E-state index in [0.29, 0.717) is 12.0 Å². The fourth-order valence-electron chi connectivity index (χ4n) is 10.2. The molecule has 6 aliphatic rings. The molecule has 0 spiro atoms. The zero-order chi connectivity index (χ0) is 27.6. The lowest BCUT2D eigenvalue weighted by Gasteiger charge is -2.57. The largest absolute Gasteiger partial charge is 0.489 e. The maximum Gasteiger partial charge on any atom is 0.334 e. The van der Waals surface area contributed by atoms with Crippen molar-refractivity contribution < 1.29 is 28.6 Å². The van der Waals surface area contributed by atoms with Gasteiger partial charge in [-0.1, -0.05) is 40.2 Å². The smallest absolute Gasteiger partial charge is 0.334 e. The van der Waals surface area contributed by atoms with Crippen molar-refractivity contribution >= 4 is 17.7 Å². The molecule has 9 unspecified atom stereocenters. The summed E-state index contributed by atoms with van der Waals surface area (Å²) in [7, 11) is 0. The Labute approximate surface area is 226 Å². The minimum absolute atomic E-state index is 0.0685. The summed E-state index contributed by atoms with van der Waals surface area (Å²) in [5, 5.41) is 0. The van der Waals surface area contributed by atoms with Crippen molar-refractivity contribution in [2.45, 2.75) is 106 Å². The molecule has 0 amide bonds. The number of fused-ring (bicyclic) bond motifs is 2. The van der Waals surface area contributed by atoms with Gasteiger partial charge in [0.2, 0.25) is 0 Å². The van der Waals surface area contributed by atoms with Gasteiger partial charge in [0.25, 0.3) is 0 Å². The topological polar surface area (TPSA) is 78.9 Å². The molecule has 2 aliphatic heterocycles. The molecule has 1 saturated heterocycles. The first-order chi connectivity index (χ1) is 17.6. The average molecular weight is 523 g/mol. The van der Waals surface area contributed by atoms with Gasteiger partial charge in [-0.2, -0.15) is 0 Å². The summed E-state index contributed by atoms with van der Waals surface area (Å²) in [4.78, 5) is 37.5. The van der Waals surface area contributed by atoms with E-state index >= 15 is 0 Å². The Balaban J connectivity index is 1.44. The van der Waals surface area contributed by atoms with Gasteiger partial charge in [0.15, 0.2) is 5.78 Å². The maximum atomic E-state index is 13.2. The first-order valence-corrected chi connectivity index (χ1v) is 14.4. The van der Waals surface area contributed by atoms with Crippen molar-refractivity contribution in [1.82, 2.24) is 0 Å². The molecule has 0 radical (unpaired) electrons. The zero-order valence-corrected chi connectivity index (χ0v) is 24.1. The van der Waals surface area contributed by atoms with Crippen LogP contribution in [0.15, 0.2) is 34.6 Å². The van der Waals surface area contributed by atoms with Gasteiger partial charge in [-0.05, 0) is 80.3 Å². The van der Waals surface area contributed by atoms with Gasteiger partial charge in [0.05, 0.1) is 5.41 Å². The van der Waals surface area contributed by atoms with Gasteiger partial charge >= 0.3 is 11.9 Å². The molecule has 0 bridgehead atoms. The number of rotatable bonds is 4. The molecule has 2 fully saturated rings. The van der Waals surface area contributed by atoms with Crippen LogP contribution < -0.4 is 0 Å². The summed E-state index contributed by atoms with van der Waals surface area (Å²) in [6.45, 7) is 16.8. The summed E-state index contributed by atoms with van der Waals surface area (Å²) in [6, 6.07) is 0. The Bertz CT molecular complexity index is 1240. The number of esters is 2. The van der Waals surface area contributed by atoms with Gasteiger partial charge < -0.3 is 14.2 Å². The van der Waals surface area contributed by atoms with E-state index in [2.05, 4.69) is 41.5 Å². The fraction of sp³-hybridized carbons (Fsp3) is 0.719. The maximum absolute atomic E-state index is 13.2. The van der Waals surface area contributed by atoms with Crippen LogP contribution >= 0.6 is 0 Å². The van der Waals surface area contributed by atoms with Crippen LogP contribution in [-0.4, -0.2) is 36.0 Å². The van der Waals surface area contributed by atoms with Crippen LogP contribution in [0.2, 0.25) is 0 Å². The quantitative estimate of drug-likeness (QED) is 0.340. The molecular formula is C32H42O6. The Morgan fingerprint density at radius 3 is 2.47 bits per heavy atom. The number of hydrogen-bond acceptors (Lipinski definition) is 6. The van der Waals surface area contributed by atoms with Crippen LogP contribution in [-0.2, 0) is 28.6 Å². The average Bonchev–Trinajstić information content (AvgIpc) is 3.34. The highest BCUT2D eigenvalue weighted by atomic mass is 16.6. The number of ketones is 1. The molecular weight excluding hydrogens is 480 g/mol. The lowest BCUT2D eigenvalue weighted by atomic mass is 9.44. The zero-order valence-electron chi connectivity index (χ0n) is 24.1. The van der Waals surface area contributed by atoms with E-state index in [1.54, 1.807) is 13.0 Å². The lowest BCUT2D eigenvalue weighted by molar-refractivity contribution is -0.150. The highest BCUT2D eigenvalue weighted by Crippen LogP contribution is 2.75. The standard InChI is InChI=1S/C32H42O6/c1-16(11-19-12-17(2)28(35)37-19)26-21(36-18(3)33)14-30(6)20-9-10-23-29(4,5)24(34)13-25-32(23,8)27(20)22(38-25)15-31(26,30)7/h12-13,16,19,21-23,26H,9-11,14-15H2,1-8H3. The number of hydrogen-bond donors (Lipinski definition) is 0. The fourth-order valence-corrected chi connectivity index (χ4v) is 10.2. The van der Waals surface area contributed by atoms with Gasteiger partial charge in [-0.15, -0.1) is 0 Å². The number of allylic oxidation sites excluding steroid dienone is 3. The van der Waals surface area contributed by atoms with Crippen LogP contribution in [0.25, 0.3) is 0 Å². The number of carbonyl (C=O) groups excluding carboxylic acids is 3. The molecule has 0 aromatic heterocycles. The lowest BCUT2D eigenvalue weighted by Crippen LogP contribution is -2.53. The van der Waals surface area contributed by atoms with Crippen LogP contribution in [0.3, 0.4) is 0 Å². The van der Waals surface area contributed by atoms with Gasteiger partial charge in [-0.25, -0.2) is 4.79 Å². The molecule has 9 atom stereocenters. The van der Waals surface area contributed by atoms with Gasteiger partial charge in [0, 0.05) is 29.9 Å². The SMILES string of the molecule is CC(=O)OC1CC2(C)C3=C4C(CC2(C)C1C(C)CC1C=C(C)C(=O)O1)OC1=CC(=O)C(C)(C)C(CC3)C14C. The highest BCUT2D eigenvalue weighted by molar-refractivity contribution is 5.97. The van der Waals surface area contributed by atoms with Crippen LogP contribution in [0.1, 0.15) is 87.5 Å². The molecule has 38 heavy (non-hydrogen) atoms. The Hall–Kier alpha value is -2.37. The van der Waals surface area contributed by atoms with E-state index in [9.17, 15) is 14.4 Å². The predicted octanol–water partition coefficient (Wildman–Crippen LogP) is 5.86. The summed E-state index contributed by atoms with van der Waals surface area (Å²) < 4.78 is 18.5. The molecule has 6 heteroatoms. The first-order valence-electron chi connectivity index (χ1n) is 14.4. The number of ether oxygens (including phenoxy) is 3. The molecule has 0 N–H and O–H groups in total. The molecule has 0 aromatic rings. The van der Waals surface area contributed by atoms with E-state index < -0.39 is 5.41 Å². The molecule has 4 aliphatic carbocycles. The number of carbonyl (C=O) groups is 3. The third-order valence-electron chi connectivity index (χ3n) is 12.0. The molecule has 2 heterocycles. The Morgan fingerprint density at radius 2 is 1.84 bits per heavy atom. The molecule has 1 saturated carbocycles. The van der Waals surface area contributed by atoms with Crippen molar-refractivity contribution in [3.63, 3.8) is 0 Å². The van der Waals surface area contributed by atoms with Gasteiger partial charge in [0.1, 0.15) is 24.1 Å². The molecule has 6 nitrogen and oxygen atoms in total. The Kier molecular flexibility index (Phi) is 5.35. The molecule has 206 valence electrons. The van der Waals surface area contributed by atoms with Crippen LogP contribution in [0.5, 0.6) is 0 Å². The van der Waals surface area contributed by atoms with E-state index in [0.717, 1.165) is 31.4 Å². The summed E-state index contributed by atoms with van der Waals surface area (Å²) in [5.74, 6) is 0.995. The van der Waals surface area contributed by atoms with Crippen molar-refractivity contribution in [3.8, 4) is 0 Å². The monoisotopic (exact) mass is 522 g/mol. The summed E-state index contributed by atoms with van der Waals surface area (Å²) in [5.41, 5.74) is 2.50. The van der Waals surface area contributed by atoms with E-state index in [4.69, 9.17) is 14.2 Å². The normalized spacial score (nSPS) is 45.0. The van der Waals surface area contributed by atoms with Gasteiger partial charge in [-0.3, -0.25) is 9.59 Å². The second-order valence-electron chi connectivity index (χ2n) is 14.2. The second-order valence-corrected chi connectivity index (χ2v) is 14.2. The predicted molar refractivity (Wildman–Crippen MR) is 142 cm³/mol. The van der Waals surface area contributed by atoms with Crippen LogP contribution in [0, 0.1) is 39.4 Å². The van der Waals surface area contributed by atoms with Crippen molar-refractivity contribution in [3.05, 3.63) is 34.6 Å². The third kappa shape index (κ3) is 3.09. The van der Waals surface area contributed by atoms with Crippen molar-refractivity contribution in [2.24, 2.45) is 39.4 Å².